The normalized spacial score (nSPS) is 12.0. The van der Waals surface area contributed by atoms with Crippen LogP contribution in [-0.2, 0) is 10.9 Å². The fraction of sp³-hybridized carbons (Fsp3) is 0.235. The highest BCUT2D eigenvalue weighted by atomic mass is 19.4. The number of carbonyl (C=O) groups excluding carboxylic acids is 1. The molecular weight excluding hydrogens is 366 g/mol. The Labute approximate surface area is 144 Å². The SMILES string of the molecule is CCOC(=O)c1cc(C(F)(F)F)ccc1-c1cccc(OC(F)(F)F)c1. The first kappa shape index (κ1) is 19.6. The van der Waals surface area contributed by atoms with Crippen LogP contribution < -0.4 is 4.74 Å². The molecule has 2 aromatic carbocycles. The van der Waals surface area contributed by atoms with E-state index in [2.05, 4.69) is 4.74 Å². The molecule has 26 heavy (non-hydrogen) atoms. The summed E-state index contributed by atoms with van der Waals surface area (Å²) in [5, 5.41) is 0. The minimum absolute atomic E-state index is 0.0101. The highest BCUT2D eigenvalue weighted by Gasteiger charge is 2.33. The molecule has 0 aliphatic rings. The second-order valence-electron chi connectivity index (χ2n) is 5.05. The molecule has 0 N–H and O–H groups in total. The topological polar surface area (TPSA) is 35.5 Å². The summed E-state index contributed by atoms with van der Waals surface area (Å²) in [6.45, 7) is 1.40. The number of esters is 1. The second kappa shape index (κ2) is 7.27. The molecule has 0 saturated heterocycles. The molecule has 140 valence electrons. The zero-order valence-electron chi connectivity index (χ0n) is 13.2. The average Bonchev–Trinajstić information content (AvgIpc) is 2.52. The number of hydrogen-bond donors (Lipinski definition) is 0. The van der Waals surface area contributed by atoms with E-state index in [9.17, 15) is 31.1 Å². The van der Waals surface area contributed by atoms with Crippen molar-refractivity contribution in [1.82, 2.24) is 0 Å². The molecule has 2 aromatic rings. The Kier molecular flexibility index (Phi) is 5.48. The molecule has 9 heteroatoms. The maximum Gasteiger partial charge on any atom is 0.573 e. The predicted molar refractivity (Wildman–Crippen MR) is 79.5 cm³/mol. The lowest BCUT2D eigenvalue weighted by Crippen LogP contribution is -2.17. The number of halogens is 6. The summed E-state index contributed by atoms with van der Waals surface area (Å²) in [4.78, 5) is 12.0. The van der Waals surface area contributed by atoms with Crippen molar-refractivity contribution < 1.29 is 40.6 Å². The molecule has 0 amide bonds. The van der Waals surface area contributed by atoms with Crippen LogP contribution in [0.5, 0.6) is 5.75 Å². The van der Waals surface area contributed by atoms with Crippen LogP contribution >= 0.6 is 0 Å². The summed E-state index contributed by atoms with van der Waals surface area (Å²) in [5.41, 5.74) is -1.43. The Balaban J connectivity index is 2.54. The highest BCUT2D eigenvalue weighted by molar-refractivity contribution is 5.97. The third-order valence-electron chi connectivity index (χ3n) is 3.22. The minimum atomic E-state index is -4.93. The molecule has 0 bridgehead atoms. The molecular formula is C17H12F6O3. The summed E-state index contributed by atoms with van der Waals surface area (Å²) in [6, 6.07) is 6.91. The molecule has 0 atom stereocenters. The van der Waals surface area contributed by atoms with Crippen LogP contribution in [-0.4, -0.2) is 18.9 Å². The van der Waals surface area contributed by atoms with Crippen molar-refractivity contribution in [2.45, 2.75) is 19.5 Å². The van der Waals surface area contributed by atoms with Gasteiger partial charge in [-0.2, -0.15) is 13.2 Å². The van der Waals surface area contributed by atoms with Crippen LogP contribution in [0.15, 0.2) is 42.5 Å². The van der Waals surface area contributed by atoms with Crippen LogP contribution in [0.4, 0.5) is 26.3 Å². The van der Waals surface area contributed by atoms with E-state index in [1.165, 1.54) is 19.1 Å². The van der Waals surface area contributed by atoms with E-state index in [-0.39, 0.29) is 17.7 Å². The van der Waals surface area contributed by atoms with Gasteiger partial charge in [0.25, 0.3) is 0 Å². The monoisotopic (exact) mass is 378 g/mol. The van der Waals surface area contributed by atoms with Crippen LogP contribution in [0, 0.1) is 0 Å². The smallest absolute Gasteiger partial charge is 0.462 e. The zero-order chi connectivity index (χ0) is 19.5. The third-order valence-corrected chi connectivity index (χ3v) is 3.22. The van der Waals surface area contributed by atoms with Crippen molar-refractivity contribution in [3.8, 4) is 16.9 Å². The summed E-state index contributed by atoms with van der Waals surface area (Å²) in [5.74, 6) is -1.58. The molecule has 0 aliphatic heterocycles. The Hall–Kier alpha value is -2.71. The number of carbonyl (C=O) groups is 1. The summed E-state index contributed by atoms with van der Waals surface area (Å²) in [7, 11) is 0. The lowest BCUT2D eigenvalue weighted by molar-refractivity contribution is -0.274. The van der Waals surface area contributed by atoms with Crippen molar-refractivity contribution in [2.24, 2.45) is 0 Å². The highest BCUT2D eigenvalue weighted by Crippen LogP contribution is 2.35. The van der Waals surface area contributed by atoms with Gasteiger partial charge in [-0.05, 0) is 42.3 Å². The van der Waals surface area contributed by atoms with Crippen LogP contribution in [0.3, 0.4) is 0 Å². The van der Waals surface area contributed by atoms with E-state index in [0.29, 0.717) is 6.07 Å². The van der Waals surface area contributed by atoms with Crippen LogP contribution in [0.1, 0.15) is 22.8 Å². The maximum atomic E-state index is 12.9. The first-order chi connectivity index (χ1) is 12.0. The van der Waals surface area contributed by atoms with Gasteiger partial charge in [-0.15, -0.1) is 13.2 Å². The fourth-order valence-electron chi connectivity index (χ4n) is 2.21. The van der Waals surface area contributed by atoms with Gasteiger partial charge >= 0.3 is 18.5 Å². The van der Waals surface area contributed by atoms with Crippen molar-refractivity contribution in [2.75, 3.05) is 6.61 Å². The van der Waals surface area contributed by atoms with Crippen molar-refractivity contribution in [1.29, 1.82) is 0 Å². The van der Waals surface area contributed by atoms with Gasteiger partial charge in [-0.25, -0.2) is 4.79 Å². The maximum absolute atomic E-state index is 12.9. The average molecular weight is 378 g/mol. The van der Waals surface area contributed by atoms with Gasteiger partial charge in [0.1, 0.15) is 5.75 Å². The Morgan fingerprint density at radius 1 is 1.00 bits per heavy atom. The summed E-state index contributed by atoms with van der Waals surface area (Å²) >= 11 is 0. The largest absolute Gasteiger partial charge is 0.573 e. The van der Waals surface area contributed by atoms with E-state index in [4.69, 9.17) is 4.74 Å². The molecule has 0 unspecified atom stereocenters. The van der Waals surface area contributed by atoms with E-state index in [0.717, 1.165) is 24.3 Å². The van der Waals surface area contributed by atoms with E-state index in [1.807, 2.05) is 0 Å². The first-order valence-corrected chi connectivity index (χ1v) is 7.26. The number of alkyl halides is 6. The van der Waals surface area contributed by atoms with Crippen molar-refractivity contribution in [3.63, 3.8) is 0 Å². The Morgan fingerprint density at radius 2 is 1.69 bits per heavy atom. The predicted octanol–water partition coefficient (Wildman–Crippen LogP) is 5.45. The standard InChI is InChI=1S/C17H12F6O3/c1-2-25-15(24)14-9-11(16(18,19)20)6-7-13(14)10-4-3-5-12(8-10)26-17(21,22)23/h3-9H,2H2,1H3. The number of rotatable bonds is 4. The number of benzene rings is 2. The second-order valence-corrected chi connectivity index (χ2v) is 5.05. The van der Waals surface area contributed by atoms with E-state index in [1.54, 1.807) is 0 Å². The van der Waals surface area contributed by atoms with Gasteiger partial charge in [0.2, 0.25) is 0 Å². The first-order valence-electron chi connectivity index (χ1n) is 7.26. The van der Waals surface area contributed by atoms with E-state index < -0.39 is 35.4 Å². The van der Waals surface area contributed by atoms with Gasteiger partial charge in [0.15, 0.2) is 0 Å². The molecule has 0 aromatic heterocycles. The fourth-order valence-corrected chi connectivity index (χ4v) is 2.21. The zero-order valence-corrected chi connectivity index (χ0v) is 13.2. The van der Waals surface area contributed by atoms with Crippen molar-refractivity contribution >= 4 is 5.97 Å². The van der Waals surface area contributed by atoms with Crippen LogP contribution in [0.2, 0.25) is 0 Å². The lowest BCUT2D eigenvalue weighted by atomic mass is 9.97. The summed E-state index contributed by atoms with van der Waals surface area (Å²) in [6.07, 6.45) is -9.62. The third kappa shape index (κ3) is 4.90. The summed E-state index contributed by atoms with van der Waals surface area (Å²) < 4.78 is 84.3. The van der Waals surface area contributed by atoms with E-state index >= 15 is 0 Å². The molecule has 2 rings (SSSR count). The van der Waals surface area contributed by atoms with Gasteiger partial charge in [-0.1, -0.05) is 18.2 Å². The number of hydrogen-bond acceptors (Lipinski definition) is 3. The van der Waals surface area contributed by atoms with Gasteiger partial charge in [0.05, 0.1) is 17.7 Å². The lowest BCUT2D eigenvalue weighted by Gasteiger charge is -2.14. The molecule has 0 radical (unpaired) electrons. The van der Waals surface area contributed by atoms with Crippen molar-refractivity contribution in [3.05, 3.63) is 53.6 Å². The van der Waals surface area contributed by atoms with Gasteiger partial charge in [0, 0.05) is 0 Å². The molecule has 3 nitrogen and oxygen atoms in total. The van der Waals surface area contributed by atoms with Crippen LogP contribution in [0.25, 0.3) is 11.1 Å². The molecule has 0 aliphatic carbocycles. The van der Waals surface area contributed by atoms with Gasteiger partial charge in [-0.3, -0.25) is 0 Å². The Morgan fingerprint density at radius 3 is 2.27 bits per heavy atom. The number of ether oxygens (including phenoxy) is 2. The molecule has 0 spiro atoms. The minimum Gasteiger partial charge on any atom is -0.462 e. The molecule has 0 saturated carbocycles. The quantitative estimate of drug-likeness (QED) is 0.524. The molecule has 0 heterocycles. The molecule has 0 fully saturated rings. The van der Waals surface area contributed by atoms with Gasteiger partial charge < -0.3 is 9.47 Å². The Bertz CT molecular complexity index is 796.